The third-order valence-electron chi connectivity index (χ3n) is 4.54. The van der Waals surface area contributed by atoms with Gasteiger partial charge in [-0.2, -0.15) is 0 Å². The lowest BCUT2D eigenvalue weighted by molar-refractivity contribution is -0.125. The van der Waals surface area contributed by atoms with Gasteiger partial charge in [-0.1, -0.05) is 12.1 Å². The van der Waals surface area contributed by atoms with Gasteiger partial charge in [0.1, 0.15) is 17.5 Å². The number of nitrogens with zero attached hydrogens (tertiary/aromatic N) is 1. The van der Waals surface area contributed by atoms with Crippen LogP contribution < -0.4 is 15.4 Å². The Labute approximate surface area is 140 Å². The van der Waals surface area contributed by atoms with Crippen LogP contribution in [-0.2, 0) is 4.79 Å². The Kier molecular flexibility index (Phi) is 4.44. The van der Waals surface area contributed by atoms with Crippen molar-refractivity contribution in [3.8, 4) is 5.75 Å². The minimum atomic E-state index is -0.510. The zero-order valence-electron chi connectivity index (χ0n) is 14.1. The molecule has 1 atom stereocenters. The van der Waals surface area contributed by atoms with Gasteiger partial charge in [-0.25, -0.2) is 0 Å². The molecule has 0 unspecified atom stereocenters. The number of benzene rings is 1. The molecule has 1 aromatic heterocycles. The highest BCUT2D eigenvalue weighted by atomic mass is 16.5. The van der Waals surface area contributed by atoms with Crippen LogP contribution in [0.15, 0.2) is 18.2 Å². The predicted molar refractivity (Wildman–Crippen MR) is 91.3 cm³/mol. The SMILES string of the molecule is CNC(=O)[C@@H]1CNCCN1C(=O)c1[nH]c2c(OC)cccc2c1C. The van der Waals surface area contributed by atoms with Gasteiger partial charge in [-0.05, 0) is 18.6 Å². The molecule has 1 saturated heterocycles. The summed E-state index contributed by atoms with van der Waals surface area (Å²) in [7, 11) is 3.18. The number of rotatable bonds is 3. The molecule has 7 heteroatoms. The topological polar surface area (TPSA) is 86.5 Å². The first kappa shape index (κ1) is 16.3. The Morgan fingerprint density at radius 1 is 1.38 bits per heavy atom. The molecule has 3 rings (SSSR count). The smallest absolute Gasteiger partial charge is 0.271 e. The quantitative estimate of drug-likeness (QED) is 0.771. The Hall–Kier alpha value is -2.54. The lowest BCUT2D eigenvalue weighted by Gasteiger charge is -2.34. The van der Waals surface area contributed by atoms with Gasteiger partial charge >= 0.3 is 0 Å². The lowest BCUT2D eigenvalue weighted by atomic mass is 10.1. The molecule has 0 radical (unpaired) electrons. The monoisotopic (exact) mass is 330 g/mol. The van der Waals surface area contributed by atoms with Crippen molar-refractivity contribution in [1.82, 2.24) is 20.5 Å². The van der Waals surface area contributed by atoms with E-state index < -0.39 is 6.04 Å². The second-order valence-electron chi connectivity index (χ2n) is 5.84. The molecule has 2 amide bonds. The fourth-order valence-electron chi connectivity index (χ4n) is 3.20. The number of H-pyrrole nitrogens is 1. The van der Waals surface area contributed by atoms with Crippen LogP contribution in [0.1, 0.15) is 16.1 Å². The number of carbonyl (C=O) groups is 2. The van der Waals surface area contributed by atoms with E-state index in [9.17, 15) is 9.59 Å². The second kappa shape index (κ2) is 6.52. The van der Waals surface area contributed by atoms with E-state index in [-0.39, 0.29) is 11.8 Å². The zero-order chi connectivity index (χ0) is 17.3. The number of nitrogens with one attached hydrogen (secondary N) is 3. The summed E-state index contributed by atoms with van der Waals surface area (Å²) in [6, 6.07) is 5.19. The number of aryl methyl sites for hydroxylation is 1. The van der Waals surface area contributed by atoms with Gasteiger partial charge in [-0.3, -0.25) is 9.59 Å². The molecule has 2 heterocycles. The highest BCUT2D eigenvalue weighted by Gasteiger charge is 2.33. The van der Waals surface area contributed by atoms with Crippen molar-refractivity contribution in [2.45, 2.75) is 13.0 Å². The van der Waals surface area contributed by atoms with Crippen LogP contribution in [0, 0.1) is 6.92 Å². The van der Waals surface area contributed by atoms with Crippen molar-refractivity contribution in [2.75, 3.05) is 33.8 Å². The highest BCUT2D eigenvalue weighted by molar-refractivity contribution is 6.03. The third-order valence-corrected chi connectivity index (χ3v) is 4.54. The summed E-state index contributed by atoms with van der Waals surface area (Å²) in [6.07, 6.45) is 0. The van der Waals surface area contributed by atoms with Crippen LogP contribution >= 0.6 is 0 Å². The zero-order valence-corrected chi connectivity index (χ0v) is 14.1. The van der Waals surface area contributed by atoms with Crippen LogP contribution in [0.5, 0.6) is 5.75 Å². The molecule has 0 spiro atoms. The van der Waals surface area contributed by atoms with Gasteiger partial charge in [0.2, 0.25) is 5.91 Å². The number of carbonyl (C=O) groups excluding carboxylic acids is 2. The maximum absolute atomic E-state index is 13.1. The second-order valence-corrected chi connectivity index (χ2v) is 5.84. The first-order valence-corrected chi connectivity index (χ1v) is 7.97. The average molecular weight is 330 g/mol. The first-order valence-electron chi connectivity index (χ1n) is 7.97. The van der Waals surface area contributed by atoms with Crippen LogP contribution in [0.3, 0.4) is 0 Å². The molecule has 0 bridgehead atoms. The molecule has 1 fully saturated rings. The molecule has 24 heavy (non-hydrogen) atoms. The molecule has 1 aliphatic rings. The molecule has 1 aromatic carbocycles. The number of amides is 2. The number of aromatic amines is 1. The largest absolute Gasteiger partial charge is 0.495 e. The summed E-state index contributed by atoms with van der Waals surface area (Å²) >= 11 is 0. The van der Waals surface area contributed by atoms with E-state index in [1.165, 1.54) is 0 Å². The summed E-state index contributed by atoms with van der Waals surface area (Å²) < 4.78 is 5.37. The molecule has 2 aromatic rings. The number of ether oxygens (including phenoxy) is 1. The fourth-order valence-corrected chi connectivity index (χ4v) is 3.20. The van der Waals surface area contributed by atoms with Gasteiger partial charge in [0.05, 0.1) is 12.6 Å². The van der Waals surface area contributed by atoms with E-state index in [1.54, 1.807) is 19.1 Å². The van der Waals surface area contributed by atoms with Crippen molar-refractivity contribution in [3.05, 3.63) is 29.5 Å². The summed E-state index contributed by atoms with van der Waals surface area (Å²) in [6.45, 7) is 3.52. The number of hydrogen-bond acceptors (Lipinski definition) is 4. The molecule has 0 aliphatic carbocycles. The maximum Gasteiger partial charge on any atom is 0.271 e. The highest BCUT2D eigenvalue weighted by Crippen LogP contribution is 2.30. The molecule has 0 saturated carbocycles. The van der Waals surface area contributed by atoms with Gasteiger partial charge in [0, 0.05) is 32.1 Å². The van der Waals surface area contributed by atoms with Crippen LogP contribution in [0.25, 0.3) is 10.9 Å². The number of fused-ring (bicyclic) bond motifs is 1. The Balaban J connectivity index is 2.01. The molecule has 3 N–H and O–H groups in total. The summed E-state index contributed by atoms with van der Waals surface area (Å²) in [5, 5.41) is 6.74. The minimum absolute atomic E-state index is 0.165. The normalized spacial score (nSPS) is 17.8. The number of para-hydroxylation sites is 1. The number of piperazine rings is 1. The number of methoxy groups -OCH3 is 1. The summed E-state index contributed by atoms with van der Waals surface area (Å²) in [5.41, 5.74) is 2.17. The van der Waals surface area contributed by atoms with E-state index in [0.29, 0.717) is 31.1 Å². The van der Waals surface area contributed by atoms with Crippen molar-refractivity contribution in [3.63, 3.8) is 0 Å². The van der Waals surface area contributed by atoms with Crippen molar-refractivity contribution in [2.24, 2.45) is 0 Å². The van der Waals surface area contributed by atoms with Gasteiger partial charge < -0.3 is 25.3 Å². The minimum Gasteiger partial charge on any atom is -0.495 e. The van der Waals surface area contributed by atoms with E-state index in [2.05, 4.69) is 15.6 Å². The van der Waals surface area contributed by atoms with E-state index in [1.807, 2.05) is 25.1 Å². The van der Waals surface area contributed by atoms with Crippen LogP contribution in [0.4, 0.5) is 0 Å². The summed E-state index contributed by atoms with van der Waals surface area (Å²) in [4.78, 5) is 30.0. The van der Waals surface area contributed by atoms with Crippen molar-refractivity contribution in [1.29, 1.82) is 0 Å². The van der Waals surface area contributed by atoms with E-state index in [0.717, 1.165) is 16.5 Å². The molecular formula is C17H22N4O3. The standard InChI is InChI=1S/C17H22N4O3/c1-10-11-5-4-6-13(24-3)15(11)20-14(10)17(23)21-8-7-19-9-12(21)16(22)18-2/h4-6,12,19-20H,7-9H2,1-3H3,(H,18,22)/t12-/m0/s1. The van der Waals surface area contributed by atoms with Gasteiger partial charge in [0.25, 0.3) is 5.91 Å². The van der Waals surface area contributed by atoms with E-state index >= 15 is 0 Å². The Morgan fingerprint density at radius 2 is 2.17 bits per heavy atom. The molecule has 7 nitrogen and oxygen atoms in total. The molecule has 128 valence electrons. The Morgan fingerprint density at radius 3 is 2.88 bits per heavy atom. The van der Waals surface area contributed by atoms with Crippen LogP contribution in [0.2, 0.25) is 0 Å². The Bertz CT molecular complexity index is 783. The number of likely N-dealkylation sites (N-methyl/N-ethyl adjacent to an activating group) is 1. The predicted octanol–water partition coefficient (Wildman–Crippen LogP) is 0.645. The molecule has 1 aliphatic heterocycles. The average Bonchev–Trinajstić information content (AvgIpc) is 2.97. The van der Waals surface area contributed by atoms with Crippen molar-refractivity contribution >= 4 is 22.7 Å². The van der Waals surface area contributed by atoms with E-state index in [4.69, 9.17) is 4.74 Å². The number of aromatic nitrogens is 1. The maximum atomic E-state index is 13.1. The van der Waals surface area contributed by atoms with Crippen molar-refractivity contribution < 1.29 is 14.3 Å². The fraction of sp³-hybridized carbons (Fsp3) is 0.412. The first-order chi connectivity index (χ1) is 11.6. The van der Waals surface area contributed by atoms with Crippen LogP contribution in [-0.4, -0.2) is 61.5 Å². The lowest BCUT2D eigenvalue weighted by Crippen LogP contribution is -2.59. The van der Waals surface area contributed by atoms with Gasteiger partial charge in [-0.15, -0.1) is 0 Å². The van der Waals surface area contributed by atoms with Gasteiger partial charge in [0.15, 0.2) is 0 Å². The molecular weight excluding hydrogens is 308 g/mol. The summed E-state index contributed by atoms with van der Waals surface area (Å²) in [5.74, 6) is 0.362. The third kappa shape index (κ3) is 2.60. The number of hydrogen-bond donors (Lipinski definition) is 3.